The van der Waals surface area contributed by atoms with Crippen LogP contribution in [-0.2, 0) is 19.1 Å². The highest BCUT2D eigenvalue weighted by Crippen LogP contribution is 2.15. The average molecular weight is 238 g/mol. The monoisotopic (exact) mass is 238 g/mol. The second-order valence-electron chi connectivity index (χ2n) is 3.70. The van der Waals surface area contributed by atoms with E-state index in [0.717, 1.165) is 6.42 Å². The van der Waals surface area contributed by atoms with Crippen LogP contribution in [0.1, 0.15) is 33.1 Å². The van der Waals surface area contributed by atoms with E-state index in [2.05, 4.69) is 0 Å². The lowest BCUT2D eigenvalue weighted by molar-refractivity contribution is -0.140. The number of carbonyl (C=O) groups is 2. The van der Waals surface area contributed by atoms with Crippen LogP contribution in [0.3, 0.4) is 0 Å². The first kappa shape index (κ1) is 13.5. The number of carbonyl (C=O) groups excluding carboxylic acids is 2. The van der Waals surface area contributed by atoms with E-state index in [1.165, 1.54) is 6.08 Å². The summed E-state index contributed by atoms with van der Waals surface area (Å²) in [5, 5.41) is 0. The molecule has 0 amide bonds. The Morgan fingerprint density at radius 1 is 1.47 bits per heavy atom. The first-order valence-electron chi connectivity index (χ1n) is 5.94. The Morgan fingerprint density at radius 2 is 2.24 bits per heavy atom. The van der Waals surface area contributed by atoms with Gasteiger partial charge in [0, 0.05) is 12.8 Å². The summed E-state index contributed by atoms with van der Waals surface area (Å²) in [7, 11) is 0. The van der Waals surface area contributed by atoms with Gasteiger partial charge in [0.25, 0.3) is 0 Å². The van der Waals surface area contributed by atoms with Crippen LogP contribution in [0.5, 0.6) is 0 Å². The van der Waals surface area contributed by atoms with Crippen LogP contribution in [-0.4, -0.2) is 25.0 Å². The van der Waals surface area contributed by atoms with Crippen molar-refractivity contribution in [2.75, 3.05) is 13.2 Å². The maximum Gasteiger partial charge on any atom is 0.341 e. The number of rotatable bonds is 6. The molecule has 0 aromatic heterocycles. The van der Waals surface area contributed by atoms with E-state index in [4.69, 9.17) is 9.47 Å². The van der Waals surface area contributed by atoms with E-state index in [1.54, 1.807) is 6.92 Å². The molecule has 0 saturated carbocycles. The first-order valence-corrected chi connectivity index (χ1v) is 5.94. The van der Waals surface area contributed by atoms with E-state index >= 15 is 0 Å². The Hall–Kier alpha value is -1.58. The summed E-state index contributed by atoms with van der Waals surface area (Å²) < 4.78 is 10.1. The highest BCUT2D eigenvalue weighted by Gasteiger charge is 2.20. The molecule has 17 heavy (non-hydrogen) atoms. The van der Waals surface area contributed by atoms with Gasteiger partial charge in [0.2, 0.25) is 0 Å². The summed E-state index contributed by atoms with van der Waals surface area (Å²) in [6.45, 7) is 4.47. The molecule has 0 aromatic carbocycles. The molecule has 0 spiro atoms. The Labute approximate surface area is 101 Å². The Morgan fingerprint density at radius 3 is 2.76 bits per heavy atom. The van der Waals surface area contributed by atoms with Crippen LogP contribution >= 0.6 is 0 Å². The van der Waals surface area contributed by atoms with E-state index in [0.29, 0.717) is 25.2 Å². The number of esters is 1. The largest absolute Gasteiger partial charge is 0.494 e. The number of hydrogen-bond acceptors (Lipinski definition) is 4. The van der Waals surface area contributed by atoms with Crippen LogP contribution in [0.4, 0.5) is 0 Å². The zero-order chi connectivity index (χ0) is 12.7. The molecule has 0 radical (unpaired) electrons. The summed E-state index contributed by atoms with van der Waals surface area (Å²) in [6, 6.07) is 0. The molecule has 0 saturated heterocycles. The Bertz CT molecular complexity index is 332. The Balaban J connectivity index is 2.84. The van der Waals surface area contributed by atoms with Crippen molar-refractivity contribution in [2.45, 2.75) is 33.1 Å². The fraction of sp³-hybridized carbons (Fsp3) is 0.538. The van der Waals surface area contributed by atoms with E-state index in [9.17, 15) is 9.59 Å². The molecule has 94 valence electrons. The van der Waals surface area contributed by atoms with Gasteiger partial charge in [-0.1, -0.05) is 6.92 Å². The second-order valence-corrected chi connectivity index (χ2v) is 3.70. The van der Waals surface area contributed by atoms with Gasteiger partial charge in [0.15, 0.2) is 5.78 Å². The molecule has 0 aliphatic carbocycles. The van der Waals surface area contributed by atoms with Crippen molar-refractivity contribution < 1.29 is 19.1 Å². The van der Waals surface area contributed by atoms with Gasteiger partial charge >= 0.3 is 5.97 Å². The highest BCUT2D eigenvalue weighted by molar-refractivity contribution is 6.17. The molecule has 0 unspecified atom stereocenters. The number of ether oxygens (including phenoxy) is 2. The molecule has 0 N–H and O–H groups in total. The summed E-state index contributed by atoms with van der Waals surface area (Å²) in [4.78, 5) is 23.4. The SMILES string of the molecule is CCCC(=O)/C(=C\C1=CCCO1)C(=O)OCC. The lowest BCUT2D eigenvalue weighted by Gasteiger charge is -2.06. The quantitative estimate of drug-likeness (QED) is 0.308. The van der Waals surface area contributed by atoms with Crippen molar-refractivity contribution >= 4 is 11.8 Å². The van der Waals surface area contributed by atoms with Crippen molar-refractivity contribution in [3.05, 3.63) is 23.5 Å². The van der Waals surface area contributed by atoms with Gasteiger partial charge in [0.05, 0.1) is 13.2 Å². The zero-order valence-electron chi connectivity index (χ0n) is 10.3. The van der Waals surface area contributed by atoms with Gasteiger partial charge in [-0.25, -0.2) is 4.79 Å². The summed E-state index contributed by atoms with van der Waals surface area (Å²) in [6.07, 6.45) is 5.21. The van der Waals surface area contributed by atoms with E-state index in [-0.39, 0.29) is 18.0 Å². The van der Waals surface area contributed by atoms with Gasteiger partial charge in [-0.2, -0.15) is 0 Å². The van der Waals surface area contributed by atoms with Crippen molar-refractivity contribution in [1.29, 1.82) is 0 Å². The Kier molecular flexibility index (Phi) is 5.46. The molecule has 4 nitrogen and oxygen atoms in total. The van der Waals surface area contributed by atoms with Crippen molar-refractivity contribution in [2.24, 2.45) is 0 Å². The van der Waals surface area contributed by atoms with Gasteiger partial charge in [-0.15, -0.1) is 0 Å². The maximum absolute atomic E-state index is 11.8. The van der Waals surface area contributed by atoms with E-state index < -0.39 is 5.97 Å². The average Bonchev–Trinajstić information content (AvgIpc) is 2.79. The van der Waals surface area contributed by atoms with Crippen LogP contribution < -0.4 is 0 Å². The first-order chi connectivity index (χ1) is 8.19. The maximum atomic E-state index is 11.8. The van der Waals surface area contributed by atoms with E-state index in [1.807, 2.05) is 13.0 Å². The smallest absolute Gasteiger partial charge is 0.341 e. The fourth-order valence-corrected chi connectivity index (χ4v) is 1.50. The molecule has 1 aliphatic heterocycles. The highest BCUT2D eigenvalue weighted by atomic mass is 16.5. The number of allylic oxidation sites excluding steroid dienone is 1. The normalized spacial score (nSPS) is 15.2. The minimum atomic E-state index is -0.567. The summed E-state index contributed by atoms with van der Waals surface area (Å²) >= 11 is 0. The molecule has 0 aromatic rings. The molecule has 4 heteroatoms. The number of ketones is 1. The van der Waals surface area contributed by atoms with Crippen LogP contribution in [0.15, 0.2) is 23.5 Å². The second kappa shape index (κ2) is 6.89. The van der Waals surface area contributed by atoms with Crippen LogP contribution in [0.2, 0.25) is 0 Å². The lowest BCUT2D eigenvalue weighted by atomic mass is 10.1. The lowest BCUT2D eigenvalue weighted by Crippen LogP contribution is -2.16. The number of Topliss-reactive ketones (excluding diaryl/α,β-unsaturated/α-hetero) is 1. The topological polar surface area (TPSA) is 52.6 Å². The molecule has 0 fully saturated rings. The predicted molar refractivity (Wildman–Crippen MR) is 63.3 cm³/mol. The third kappa shape index (κ3) is 4.06. The molecular weight excluding hydrogens is 220 g/mol. The predicted octanol–water partition coefficient (Wildman–Crippen LogP) is 2.15. The minimum Gasteiger partial charge on any atom is -0.494 e. The molecule has 1 heterocycles. The van der Waals surface area contributed by atoms with Crippen molar-refractivity contribution in [3.63, 3.8) is 0 Å². The third-order valence-corrected chi connectivity index (χ3v) is 2.29. The molecule has 1 rings (SSSR count). The standard InChI is InChI=1S/C13H18O4/c1-3-6-12(14)11(13(15)16-4-2)9-10-7-5-8-17-10/h7,9H,3-6,8H2,1-2H3/b11-9+. The van der Waals surface area contributed by atoms with Crippen molar-refractivity contribution in [3.8, 4) is 0 Å². The third-order valence-electron chi connectivity index (χ3n) is 2.29. The number of hydrogen-bond donors (Lipinski definition) is 0. The summed E-state index contributed by atoms with van der Waals surface area (Å²) in [5.74, 6) is -0.179. The van der Waals surface area contributed by atoms with Gasteiger partial charge in [-0.05, 0) is 25.5 Å². The van der Waals surface area contributed by atoms with Crippen LogP contribution in [0.25, 0.3) is 0 Å². The zero-order valence-corrected chi connectivity index (χ0v) is 10.3. The molecule has 0 bridgehead atoms. The molecule has 0 atom stereocenters. The molecular formula is C13H18O4. The minimum absolute atomic E-state index is 0.0850. The van der Waals surface area contributed by atoms with Gasteiger partial charge < -0.3 is 9.47 Å². The fourth-order valence-electron chi connectivity index (χ4n) is 1.50. The van der Waals surface area contributed by atoms with Crippen molar-refractivity contribution in [1.82, 2.24) is 0 Å². The van der Waals surface area contributed by atoms with Gasteiger partial charge in [-0.3, -0.25) is 4.79 Å². The summed E-state index contributed by atoms with van der Waals surface area (Å²) in [5.41, 5.74) is 0.0850. The van der Waals surface area contributed by atoms with Gasteiger partial charge in [0.1, 0.15) is 11.3 Å². The van der Waals surface area contributed by atoms with Crippen LogP contribution in [0, 0.1) is 0 Å². The molecule has 1 aliphatic rings.